The minimum atomic E-state index is -0.0336. The molecule has 2 aromatic carbocycles. The number of hydrogen-bond donors (Lipinski definition) is 1. The highest BCUT2D eigenvalue weighted by Gasteiger charge is 2.34. The Kier molecular flexibility index (Phi) is 4.35. The molecule has 0 bridgehead atoms. The number of nitrogens with two attached hydrogens (primary N) is 1. The molecule has 1 fully saturated rings. The van der Waals surface area contributed by atoms with E-state index in [9.17, 15) is 4.79 Å². The van der Waals surface area contributed by atoms with Crippen LogP contribution in [0.3, 0.4) is 0 Å². The van der Waals surface area contributed by atoms with Crippen molar-refractivity contribution in [2.75, 3.05) is 20.2 Å². The molecular formula is C19H22N2O2. The van der Waals surface area contributed by atoms with Crippen molar-refractivity contribution in [1.82, 2.24) is 4.90 Å². The Morgan fingerprint density at radius 2 is 1.91 bits per heavy atom. The Morgan fingerprint density at radius 3 is 2.61 bits per heavy atom. The zero-order chi connectivity index (χ0) is 16.4. The Hall–Kier alpha value is -2.33. The third-order valence-corrected chi connectivity index (χ3v) is 4.54. The second-order valence-corrected chi connectivity index (χ2v) is 6.08. The maximum atomic E-state index is 12.8. The normalized spacial score (nSPS) is 20.6. The molecule has 0 unspecified atom stereocenters. The number of aryl methyl sites for hydroxylation is 1. The van der Waals surface area contributed by atoms with Gasteiger partial charge in [-0.25, -0.2) is 0 Å². The standard InChI is InChI=1S/C19H22N2O2/c1-13-8-9-15(10-18(13)23-2)19(22)21-11-16(17(20)12-21)14-6-4-3-5-7-14/h3-10,16-17H,11-12,20H2,1-2H3/t16-,17+/m0/s1. The van der Waals surface area contributed by atoms with Crippen LogP contribution in [0.4, 0.5) is 0 Å². The van der Waals surface area contributed by atoms with Gasteiger partial charge in [0.1, 0.15) is 5.75 Å². The van der Waals surface area contributed by atoms with Gasteiger partial charge in [0.25, 0.3) is 5.91 Å². The maximum absolute atomic E-state index is 12.8. The van der Waals surface area contributed by atoms with Crippen molar-refractivity contribution in [2.24, 2.45) is 5.73 Å². The highest BCUT2D eigenvalue weighted by atomic mass is 16.5. The third-order valence-electron chi connectivity index (χ3n) is 4.54. The summed E-state index contributed by atoms with van der Waals surface area (Å²) < 4.78 is 5.31. The molecule has 0 radical (unpaired) electrons. The van der Waals surface area contributed by atoms with E-state index < -0.39 is 0 Å². The quantitative estimate of drug-likeness (QED) is 0.948. The average Bonchev–Trinajstić information content (AvgIpc) is 2.97. The van der Waals surface area contributed by atoms with E-state index in [1.165, 1.54) is 5.56 Å². The molecule has 0 spiro atoms. The van der Waals surface area contributed by atoms with Gasteiger partial charge < -0.3 is 15.4 Å². The Labute approximate surface area is 136 Å². The number of hydrogen-bond acceptors (Lipinski definition) is 3. The molecule has 120 valence electrons. The number of carbonyl (C=O) groups is 1. The van der Waals surface area contributed by atoms with Crippen molar-refractivity contribution >= 4 is 5.91 Å². The molecule has 2 N–H and O–H groups in total. The van der Waals surface area contributed by atoms with Crippen LogP contribution in [0, 0.1) is 6.92 Å². The van der Waals surface area contributed by atoms with Crippen molar-refractivity contribution in [3.8, 4) is 5.75 Å². The number of benzene rings is 2. The van der Waals surface area contributed by atoms with Crippen molar-refractivity contribution < 1.29 is 9.53 Å². The van der Waals surface area contributed by atoms with Crippen molar-refractivity contribution in [3.63, 3.8) is 0 Å². The maximum Gasteiger partial charge on any atom is 0.254 e. The average molecular weight is 310 g/mol. The molecule has 2 aromatic rings. The van der Waals surface area contributed by atoms with Gasteiger partial charge in [-0.1, -0.05) is 36.4 Å². The van der Waals surface area contributed by atoms with Crippen LogP contribution in [0.5, 0.6) is 5.75 Å². The molecule has 4 nitrogen and oxygen atoms in total. The molecule has 1 heterocycles. The van der Waals surface area contributed by atoms with Gasteiger partial charge in [-0.2, -0.15) is 0 Å². The first-order chi connectivity index (χ1) is 11.1. The molecule has 2 atom stereocenters. The summed E-state index contributed by atoms with van der Waals surface area (Å²) in [5, 5.41) is 0. The number of rotatable bonds is 3. The molecular weight excluding hydrogens is 288 g/mol. The lowest BCUT2D eigenvalue weighted by atomic mass is 9.95. The highest BCUT2D eigenvalue weighted by Crippen LogP contribution is 2.28. The molecule has 1 saturated heterocycles. The first-order valence-corrected chi connectivity index (χ1v) is 7.84. The van der Waals surface area contributed by atoms with Crippen LogP contribution < -0.4 is 10.5 Å². The van der Waals surface area contributed by atoms with Crippen LogP contribution >= 0.6 is 0 Å². The van der Waals surface area contributed by atoms with Crippen LogP contribution in [0.15, 0.2) is 48.5 Å². The lowest BCUT2D eigenvalue weighted by Gasteiger charge is -2.17. The predicted molar refractivity (Wildman–Crippen MR) is 90.8 cm³/mol. The fourth-order valence-corrected chi connectivity index (χ4v) is 3.18. The molecule has 0 aromatic heterocycles. The largest absolute Gasteiger partial charge is 0.496 e. The Balaban J connectivity index is 1.79. The molecule has 0 saturated carbocycles. The monoisotopic (exact) mass is 310 g/mol. The van der Waals surface area contributed by atoms with E-state index in [-0.39, 0.29) is 17.9 Å². The first kappa shape index (κ1) is 15.6. The van der Waals surface area contributed by atoms with Gasteiger partial charge in [0.05, 0.1) is 7.11 Å². The predicted octanol–water partition coefficient (Wildman–Crippen LogP) is 2.57. The van der Waals surface area contributed by atoms with Gasteiger partial charge in [-0.15, -0.1) is 0 Å². The topological polar surface area (TPSA) is 55.6 Å². The van der Waals surface area contributed by atoms with Crippen molar-refractivity contribution in [2.45, 2.75) is 18.9 Å². The van der Waals surface area contributed by atoms with Crippen LogP contribution in [0.25, 0.3) is 0 Å². The van der Waals surface area contributed by atoms with Crippen LogP contribution in [0.2, 0.25) is 0 Å². The fourth-order valence-electron chi connectivity index (χ4n) is 3.18. The van der Waals surface area contributed by atoms with E-state index >= 15 is 0 Å². The van der Waals surface area contributed by atoms with E-state index in [1.54, 1.807) is 13.2 Å². The van der Waals surface area contributed by atoms with E-state index in [1.807, 2.05) is 42.2 Å². The number of likely N-dealkylation sites (tertiary alicyclic amines) is 1. The number of carbonyl (C=O) groups excluding carboxylic acids is 1. The minimum absolute atomic E-state index is 0.0113. The lowest BCUT2D eigenvalue weighted by molar-refractivity contribution is 0.0789. The summed E-state index contributed by atoms with van der Waals surface area (Å²) in [7, 11) is 1.62. The summed E-state index contributed by atoms with van der Waals surface area (Å²) in [6.07, 6.45) is 0. The van der Waals surface area contributed by atoms with Gasteiger partial charge in [-0.3, -0.25) is 4.79 Å². The van der Waals surface area contributed by atoms with Gasteiger partial charge in [0.2, 0.25) is 0 Å². The summed E-state index contributed by atoms with van der Waals surface area (Å²) in [5.74, 6) is 0.934. The second kappa shape index (κ2) is 6.42. The molecule has 1 aliphatic rings. The molecule has 23 heavy (non-hydrogen) atoms. The molecule has 3 rings (SSSR count). The number of ether oxygens (including phenoxy) is 1. The summed E-state index contributed by atoms with van der Waals surface area (Å²) in [4.78, 5) is 14.6. The van der Waals surface area contributed by atoms with Crippen molar-refractivity contribution in [3.05, 3.63) is 65.2 Å². The van der Waals surface area contributed by atoms with E-state index in [0.29, 0.717) is 18.7 Å². The minimum Gasteiger partial charge on any atom is -0.496 e. The van der Waals surface area contributed by atoms with Gasteiger partial charge >= 0.3 is 0 Å². The number of nitrogens with zero attached hydrogens (tertiary/aromatic N) is 1. The first-order valence-electron chi connectivity index (χ1n) is 7.84. The molecule has 1 aliphatic heterocycles. The summed E-state index contributed by atoms with van der Waals surface area (Å²) >= 11 is 0. The molecule has 1 amide bonds. The lowest BCUT2D eigenvalue weighted by Crippen LogP contribution is -2.32. The zero-order valence-electron chi connectivity index (χ0n) is 13.5. The van der Waals surface area contributed by atoms with Crippen LogP contribution in [-0.2, 0) is 0 Å². The fraction of sp³-hybridized carbons (Fsp3) is 0.316. The molecule has 0 aliphatic carbocycles. The smallest absolute Gasteiger partial charge is 0.254 e. The van der Waals surface area contributed by atoms with Crippen molar-refractivity contribution in [1.29, 1.82) is 0 Å². The number of amides is 1. The van der Waals surface area contributed by atoms with E-state index in [0.717, 1.165) is 11.3 Å². The number of methoxy groups -OCH3 is 1. The summed E-state index contributed by atoms with van der Waals surface area (Å²) in [6, 6.07) is 15.7. The van der Waals surface area contributed by atoms with Gasteiger partial charge in [-0.05, 0) is 30.2 Å². The molecule has 4 heteroatoms. The zero-order valence-corrected chi connectivity index (χ0v) is 13.5. The van der Waals surface area contributed by atoms with Crippen LogP contribution in [-0.4, -0.2) is 37.0 Å². The Bertz CT molecular complexity index is 700. The Morgan fingerprint density at radius 1 is 1.17 bits per heavy atom. The highest BCUT2D eigenvalue weighted by molar-refractivity contribution is 5.95. The van der Waals surface area contributed by atoms with Gasteiger partial charge in [0.15, 0.2) is 0 Å². The van der Waals surface area contributed by atoms with E-state index in [2.05, 4.69) is 12.1 Å². The second-order valence-electron chi connectivity index (χ2n) is 6.08. The SMILES string of the molecule is COc1cc(C(=O)N2C[C@@H](N)[C@H](c3ccccc3)C2)ccc1C. The summed E-state index contributed by atoms with van der Waals surface area (Å²) in [5.41, 5.74) is 9.13. The van der Waals surface area contributed by atoms with E-state index in [4.69, 9.17) is 10.5 Å². The van der Waals surface area contributed by atoms with Crippen LogP contribution in [0.1, 0.15) is 27.4 Å². The van der Waals surface area contributed by atoms with Gasteiger partial charge in [0, 0.05) is 30.6 Å². The summed E-state index contributed by atoms with van der Waals surface area (Å²) in [6.45, 7) is 3.19. The third kappa shape index (κ3) is 3.08.